The number of rotatable bonds is 5. The minimum Gasteiger partial charge on any atom is -0.478 e. The van der Waals surface area contributed by atoms with Crippen molar-refractivity contribution >= 4 is 39.4 Å². The van der Waals surface area contributed by atoms with E-state index in [1.807, 2.05) is 0 Å². The monoisotopic (exact) mass is 343 g/mol. The highest BCUT2D eigenvalue weighted by molar-refractivity contribution is 7.86. The first kappa shape index (κ1) is 15.8. The van der Waals surface area contributed by atoms with Crippen molar-refractivity contribution in [2.24, 2.45) is 5.84 Å². The van der Waals surface area contributed by atoms with Crippen LogP contribution in [0.2, 0.25) is 0 Å². The lowest BCUT2D eigenvalue weighted by Gasteiger charge is -2.10. The predicted molar refractivity (Wildman–Crippen MR) is 90.8 cm³/mol. The van der Waals surface area contributed by atoms with Gasteiger partial charge in [0.15, 0.2) is 11.0 Å². The smallest absolute Gasteiger partial charge is 0.335 e. The Morgan fingerprint density at radius 3 is 2.58 bits per heavy atom. The average Bonchev–Trinajstić information content (AvgIpc) is 2.61. The van der Waals surface area contributed by atoms with Crippen LogP contribution in [-0.4, -0.2) is 25.3 Å². The Morgan fingerprint density at radius 2 is 1.92 bits per heavy atom. The van der Waals surface area contributed by atoms with Crippen molar-refractivity contribution in [1.82, 2.24) is 9.97 Å². The summed E-state index contributed by atoms with van der Waals surface area (Å²) in [4.78, 5) is 19.6. The maximum atomic E-state index is 12.6. The molecule has 122 valence electrons. The molecular formula is C15H13N5O3S. The van der Waals surface area contributed by atoms with E-state index in [1.165, 1.54) is 18.3 Å². The molecule has 1 aromatic carbocycles. The number of aromatic nitrogens is 2. The molecule has 0 aliphatic rings. The van der Waals surface area contributed by atoms with Gasteiger partial charge in [-0.2, -0.15) is 0 Å². The Kier molecular flexibility index (Phi) is 4.36. The van der Waals surface area contributed by atoms with Gasteiger partial charge in [-0.15, -0.1) is 0 Å². The maximum absolute atomic E-state index is 12.6. The van der Waals surface area contributed by atoms with Gasteiger partial charge in [0.05, 0.1) is 11.1 Å². The molecular weight excluding hydrogens is 330 g/mol. The number of benzene rings is 1. The van der Waals surface area contributed by atoms with Gasteiger partial charge in [0.1, 0.15) is 10.7 Å². The molecule has 5 N–H and O–H groups in total. The zero-order valence-corrected chi connectivity index (χ0v) is 13.1. The van der Waals surface area contributed by atoms with E-state index < -0.39 is 17.0 Å². The fourth-order valence-corrected chi connectivity index (χ4v) is 3.09. The number of nitrogens with zero attached hydrogens (tertiary/aromatic N) is 2. The summed E-state index contributed by atoms with van der Waals surface area (Å²) in [6.07, 6.45) is 3.02. The summed E-state index contributed by atoms with van der Waals surface area (Å²) in [5, 5.41) is 9.54. The van der Waals surface area contributed by atoms with Crippen LogP contribution in [0.3, 0.4) is 0 Å². The number of carbonyl (C=O) groups is 1. The second-order valence-electron chi connectivity index (χ2n) is 4.77. The summed E-state index contributed by atoms with van der Waals surface area (Å²) in [6, 6.07) is 9.44. The maximum Gasteiger partial charge on any atom is 0.335 e. The Morgan fingerprint density at radius 1 is 1.17 bits per heavy atom. The van der Waals surface area contributed by atoms with E-state index in [4.69, 9.17) is 10.9 Å². The van der Waals surface area contributed by atoms with Crippen LogP contribution in [0.5, 0.6) is 0 Å². The molecule has 0 amide bonds. The van der Waals surface area contributed by atoms with Crippen LogP contribution >= 0.6 is 0 Å². The summed E-state index contributed by atoms with van der Waals surface area (Å²) in [6.45, 7) is 0. The van der Waals surface area contributed by atoms with Crippen molar-refractivity contribution in [3.63, 3.8) is 0 Å². The molecule has 9 heteroatoms. The molecule has 0 aliphatic heterocycles. The molecule has 0 aliphatic carbocycles. The number of nitrogens with one attached hydrogen (secondary N) is 2. The average molecular weight is 343 g/mol. The van der Waals surface area contributed by atoms with Gasteiger partial charge in [0.25, 0.3) is 0 Å². The number of fused-ring (bicyclic) bond motifs is 1. The first-order valence-electron chi connectivity index (χ1n) is 6.82. The van der Waals surface area contributed by atoms with Crippen LogP contribution in [0.1, 0.15) is 10.4 Å². The third kappa shape index (κ3) is 3.03. The molecule has 3 aromatic rings. The van der Waals surface area contributed by atoms with Crippen molar-refractivity contribution in [3.8, 4) is 0 Å². The molecule has 0 bridgehead atoms. The van der Waals surface area contributed by atoms with Crippen molar-refractivity contribution < 1.29 is 14.1 Å². The molecule has 2 aromatic heterocycles. The van der Waals surface area contributed by atoms with Gasteiger partial charge in [-0.1, -0.05) is 0 Å². The standard InChI is InChI=1S/C15H13N5O3S/c16-19-14-11-2-1-7-17-13(11)12(8-18-14)24(23)20-10-5-3-9(4-6-10)15(21)22/h1-8,20H,16H2,(H,18,19)(H,21,22). The van der Waals surface area contributed by atoms with Crippen LogP contribution in [0.4, 0.5) is 11.5 Å². The second kappa shape index (κ2) is 6.60. The fraction of sp³-hybridized carbons (Fsp3) is 0. The number of nitrogen functional groups attached to an aromatic ring is 1. The Labute approximate surface area is 139 Å². The van der Waals surface area contributed by atoms with Crippen molar-refractivity contribution in [1.29, 1.82) is 0 Å². The molecule has 24 heavy (non-hydrogen) atoms. The van der Waals surface area contributed by atoms with E-state index in [-0.39, 0.29) is 5.56 Å². The van der Waals surface area contributed by atoms with Gasteiger partial charge in [-0.05, 0) is 36.4 Å². The largest absolute Gasteiger partial charge is 0.478 e. The summed E-state index contributed by atoms with van der Waals surface area (Å²) in [5.74, 6) is 4.84. The SMILES string of the molecule is NNc1ncc(S(=O)Nc2ccc(C(=O)O)cc2)c2ncccc12. The molecule has 1 unspecified atom stereocenters. The summed E-state index contributed by atoms with van der Waals surface area (Å²) in [5.41, 5.74) is 3.65. The van der Waals surface area contributed by atoms with Crippen LogP contribution in [0.15, 0.2) is 53.7 Å². The van der Waals surface area contributed by atoms with Gasteiger partial charge in [-0.3, -0.25) is 4.98 Å². The molecule has 2 heterocycles. The van der Waals surface area contributed by atoms with Crippen LogP contribution in [0, 0.1) is 0 Å². The summed E-state index contributed by atoms with van der Waals surface area (Å²) < 4.78 is 15.4. The molecule has 8 nitrogen and oxygen atoms in total. The number of aromatic carboxylic acids is 1. The predicted octanol–water partition coefficient (Wildman–Crippen LogP) is 1.75. The first-order chi connectivity index (χ1) is 11.6. The lowest BCUT2D eigenvalue weighted by molar-refractivity contribution is 0.0697. The highest BCUT2D eigenvalue weighted by Gasteiger charge is 2.14. The van der Waals surface area contributed by atoms with E-state index in [2.05, 4.69) is 20.1 Å². The molecule has 0 spiro atoms. The molecule has 0 fully saturated rings. The van der Waals surface area contributed by atoms with Gasteiger partial charge in [-0.25, -0.2) is 19.8 Å². The Bertz CT molecular complexity index is 930. The summed E-state index contributed by atoms with van der Waals surface area (Å²) >= 11 is 0. The minimum atomic E-state index is -1.63. The van der Waals surface area contributed by atoms with E-state index in [0.717, 1.165) is 0 Å². The van der Waals surface area contributed by atoms with Gasteiger partial charge in [0.2, 0.25) is 0 Å². The molecule has 3 rings (SSSR count). The molecule has 0 saturated carbocycles. The number of nitrogens with two attached hydrogens (primary N) is 1. The van der Waals surface area contributed by atoms with E-state index in [1.54, 1.807) is 30.5 Å². The second-order valence-corrected chi connectivity index (χ2v) is 5.95. The minimum absolute atomic E-state index is 0.151. The number of hydrogen-bond acceptors (Lipinski definition) is 6. The molecule has 0 saturated heterocycles. The number of carboxylic acids is 1. The third-order valence-electron chi connectivity index (χ3n) is 3.29. The van der Waals surface area contributed by atoms with Gasteiger partial charge < -0.3 is 15.3 Å². The van der Waals surface area contributed by atoms with E-state index in [9.17, 15) is 9.00 Å². The summed E-state index contributed by atoms with van der Waals surface area (Å²) in [7, 11) is -1.63. The number of carboxylic acid groups (broad SMARTS) is 1. The number of pyridine rings is 2. The first-order valence-corrected chi connectivity index (χ1v) is 7.97. The molecule has 0 radical (unpaired) electrons. The number of hydrazine groups is 1. The third-order valence-corrected chi connectivity index (χ3v) is 4.41. The normalized spacial score (nSPS) is 11.9. The number of anilines is 2. The topological polar surface area (TPSA) is 130 Å². The van der Waals surface area contributed by atoms with E-state index in [0.29, 0.717) is 27.3 Å². The van der Waals surface area contributed by atoms with Gasteiger partial charge >= 0.3 is 5.97 Å². The van der Waals surface area contributed by atoms with Crippen molar-refractivity contribution in [3.05, 3.63) is 54.4 Å². The van der Waals surface area contributed by atoms with Crippen LogP contribution < -0.4 is 16.0 Å². The van der Waals surface area contributed by atoms with Crippen LogP contribution in [-0.2, 0) is 11.0 Å². The highest BCUT2D eigenvalue weighted by Crippen LogP contribution is 2.24. The Hall–Kier alpha value is -3.04. The zero-order valence-electron chi connectivity index (χ0n) is 12.3. The lowest BCUT2D eigenvalue weighted by atomic mass is 10.2. The van der Waals surface area contributed by atoms with E-state index >= 15 is 0 Å². The lowest BCUT2D eigenvalue weighted by Crippen LogP contribution is -2.11. The quantitative estimate of drug-likeness (QED) is 0.410. The zero-order chi connectivity index (χ0) is 17.1. The van der Waals surface area contributed by atoms with Crippen molar-refractivity contribution in [2.45, 2.75) is 4.90 Å². The van der Waals surface area contributed by atoms with Crippen molar-refractivity contribution in [2.75, 3.05) is 10.1 Å². The number of hydrogen-bond donors (Lipinski definition) is 4. The Balaban J connectivity index is 1.93. The highest BCUT2D eigenvalue weighted by atomic mass is 32.2. The molecule has 1 atom stereocenters. The van der Waals surface area contributed by atoms with Gasteiger partial charge in [0, 0.05) is 23.5 Å². The fourth-order valence-electron chi connectivity index (χ4n) is 2.14. The van der Waals surface area contributed by atoms with Crippen LogP contribution in [0.25, 0.3) is 10.9 Å².